The molecule has 1 heterocycles. The SMILES string of the molecule is CCCCCCCCOC(=O)CC(COC(=O)CCCCCCCC)CC(=O)OCC1CCC(COC(=O)CC)N1C=O. The minimum atomic E-state index is -0.565. The molecule has 0 N–H and O–H groups in total. The molecule has 0 aliphatic carbocycles. The largest absolute Gasteiger partial charge is 0.466 e. The zero-order valence-electron chi connectivity index (χ0n) is 27.0. The summed E-state index contributed by atoms with van der Waals surface area (Å²) in [5, 5.41) is 0. The first-order valence-corrected chi connectivity index (χ1v) is 16.7. The fourth-order valence-corrected chi connectivity index (χ4v) is 5.15. The summed E-state index contributed by atoms with van der Waals surface area (Å²) in [5.74, 6) is -2.19. The Morgan fingerprint density at radius 2 is 1.16 bits per heavy atom. The van der Waals surface area contributed by atoms with Crippen LogP contribution in [0.1, 0.15) is 136 Å². The molecule has 1 rings (SSSR count). The number of amides is 1. The molecule has 1 amide bonds. The van der Waals surface area contributed by atoms with Crippen molar-refractivity contribution >= 4 is 30.3 Å². The van der Waals surface area contributed by atoms with Crippen LogP contribution in [0.4, 0.5) is 0 Å². The summed E-state index contributed by atoms with van der Waals surface area (Å²) in [7, 11) is 0. The maximum Gasteiger partial charge on any atom is 0.306 e. The number of likely N-dealkylation sites (tertiary alicyclic amines) is 1. The van der Waals surface area contributed by atoms with Crippen molar-refractivity contribution in [1.29, 1.82) is 0 Å². The molecule has 10 heteroatoms. The minimum Gasteiger partial charge on any atom is -0.466 e. The molecule has 1 fully saturated rings. The summed E-state index contributed by atoms with van der Waals surface area (Å²) in [6.45, 7) is 6.41. The third-order valence-electron chi connectivity index (χ3n) is 7.85. The topological polar surface area (TPSA) is 126 Å². The molecule has 0 aromatic carbocycles. The van der Waals surface area contributed by atoms with E-state index in [0.717, 1.165) is 44.9 Å². The molecule has 0 radical (unpaired) electrons. The molecule has 1 aliphatic rings. The van der Waals surface area contributed by atoms with Gasteiger partial charge in [-0.25, -0.2) is 0 Å². The van der Waals surface area contributed by atoms with Crippen molar-refractivity contribution < 1.29 is 42.9 Å². The van der Waals surface area contributed by atoms with Crippen LogP contribution < -0.4 is 0 Å². The van der Waals surface area contributed by atoms with Crippen molar-refractivity contribution in [1.82, 2.24) is 4.90 Å². The van der Waals surface area contributed by atoms with Crippen LogP contribution in [-0.2, 0) is 42.9 Å². The highest BCUT2D eigenvalue weighted by Gasteiger charge is 2.34. The fourth-order valence-electron chi connectivity index (χ4n) is 5.15. The Labute approximate surface area is 258 Å². The van der Waals surface area contributed by atoms with Gasteiger partial charge in [0.15, 0.2) is 0 Å². The molecule has 0 aromatic rings. The van der Waals surface area contributed by atoms with Gasteiger partial charge in [0, 0.05) is 18.8 Å². The minimum absolute atomic E-state index is 0.00279. The molecular formula is C33H57NO9. The highest BCUT2D eigenvalue weighted by atomic mass is 16.5. The maximum absolute atomic E-state index is 12.8. The van der Waals surface area contributed by atoms with Gasteiger partial charge in [0.2, 0.25) is 6.41 Å². The number of esters is 4. The molecule has 1 saturated heterocycles. The Bertz CT molecular complexity index is 803. The second-order valence-electron chi connectivity index (χ2n) is 11.6. The van der Waals surface area contributed by atoms with Gasteiger partial charge in [-0.15, -0.1) is 0 Å². The summed E-state index contributed by atoms with van der Waals surface area (Å²) in [5.41, 5.74) is 0. The third kappa shape index (κ3) is 18.6. The lowest BCUT2D eigenvalue weighted by atomic mass is 10.0. The molecule has 248 valence electrons. The number of hydrogen-bond acceptors (Lipinski definition) is 9. The van der Waals surface area contributed by atoms with E-state index in [1.807, 2.05) is 0 Å². The number of hydrogen-bond donors (Lipinski definition) is 0. The molecule has 10 nitrogen and oxygen atoms in total. The van der Waals surface area contributed by atoms with E-state index < -0.39 is 17.9 Å². The summed E-state index contributed by atoms with van der Waals surface area (Å²) in [6.07, 6.45) is 15.2. The van der Waals surface area contributed by atoms with Crippen molar-refractivity contribution in [2.24, 2.45) is 5.92 Å². The van der Waals surface area contributed by atoms with Crippen molar-refractivity contribution in [3.05, 3.63) is 0 Å². The third-order valence-corrected chi connectivity index (χ3v) is 7.85. The zero-order valence-corrected chi connectivity index (χ0v) is 27.0. The molecule has 0 aromatic heterocycles. The number of nitrogens with zero attached hydrogens (tertiary/aromatic N) is 1. The second-order valence-corrected chi connectivity index (χ2v) is 11.6. The predicted octanol–water partition coefficient (Wildman–Crippen LogP) is 6.07. The second kappa shape index (κ2) is 24.8. The van der Waals surface area contributed by atoms with Crippen molar-refractivity contribution in [3.8, 4) is 0 Å². The summed E-state index contributed by atoms with van der Waals surface area (Å²) < 4.78 is 21.5. The van der Waals surface area contributed by atoms with Crippen LogP contribution in [0.15, 0.2) is 0 Å². The molecule has 3 atom stereocenters. The van der Waals surface area contributed by atoms with Gasteiger partial charge >= 0.3 is 23.9 Å². The van der Waals surface area contributed by atoms with Crippen molar-refractivity contribution in [2.45, 2.75) is 148 Å². The van der Waals surface area contributed by atoms with Crippen LogP contribution in [0, 0.1) is 5.92 Å². The van der Waals surface area contributed by atoms with E-state index in [4.69, 9.17) is 18.9 Å². The number of carbonyl (C=O) groups is 5. The first-order chi connectivity index (χ1) is 20.8. The monoisotopic (exact) mass is 611 g/mol. The summed E-state index contributed by atoms with van der Waals surface area (Å²) in [4.78, 5) is 62.3. The number of rotatable bonds is 26. The average Bonchev–Trinajstić information content (AvgIpc) is 3.40. The van der Waals surface area contributed by atoms with Gasteiger partial charge in [-0.3, -0.25) is 24.0 Å². The number of carbonyl (C=O) groups excluding carboxylic acids is 5. The van der Waals surface area contributed by atoms with E-state index in [9.17, 15) is 24.0 Å². The molecule has 0 spiro atoms. The maximum atomic E-state index is 12.8. The van der Waals surface area contributed by atoms with Gasteiger partial charge in [-0.05, 0) is 25.7 Å². The van der Waals surface area contributed by atoms with E-state index in [0.29, 0.717) is 32.3 Å². The van der Waals surface area contributed by atoms with Gasteiger partial charge in [-0.2, -0.15) is 0 Å². The lowest BCUT2D eigenvalue weighted by molar-refractivity contribution is -0.154. The summed E-state index contributed by atoms with van der Waals surface area (Å²) in [6, 6.07) is -0.570. The number of ether oxygens (including phenoxy) is 4. The molecule has 43 heavy (non-hydrogen) atoms. The first kappa shape index (κ1) is 38.4. The van der Waals surface area contributed by atoms with Crippen LogP contribution >= 0.6 is 0 Å². The molecular weight excluding hydrogens is 554 g/mol. The lowest BCUT2D eigenvalue weighted by Crippen LogP contribution is -2.40. The first-order valence-electron chi connectivity index (χ1n) is 16.7. The number of unbranched alkanes of at least 4 members (excludes halogenated alkanes) is 10. The van der Waals surface area contributed by atoms with E-state index >= 15 is 0 Å². The van der Waals surface area contributed by atoms with E-state index in [1.165, 1.54) is 37.0 Å². The Morgan fingerprint density at radius 1 is 0.651 bits per heavy atom. The Kier molecular flexibility index (Phi) is 22.1. The predicted molar refractivity (Wildman–Crippen MR) is 163 cm³/mol. The van der Waals surface area contributed by atoms with Gasteiger partial charge in [0.1, 0.15) is 13.2 Å². The van der Waals surface area contributed by atoms with Gasteiger partial charge in [0.05, 0.1) is 38.1 Å². The van der Waals surface area contributed by atoms with E-state index in [1.54, 1.807) is 6.92 Å². The Morgan fingerprint density at radius 3 is 1.72 bits per heavy atom. The van der Waals surface area contributed by atoms with Gasteiger partial charge in [-0.1, -0.05) is 85.0 Å². The smallest absolute Gasteiger partial charge is 0.306 e. The fraction of sp³-hybridized carbons (Fsp3) is 0.848. The van der Waals surface area contributed by atoms with Crippen molar-refractivity contribution in [2.75, 3.05) is 26.4 Å². The highest BCUT2D eigenvalue weighted by molar-refractivity contribution is 5.74. The van der Waals surface area contributed by atoms with Crippen LogP contribution in [-0.4, -0.2) is 73.7 Å². The van der Waals surface area contributed by atoms with Crippen LogP contribution in [0.2, 0.25) is 0 Å². The van der Waals surface area contributed by atoms with E-state index in [-0.39, 0.29) is 63.1 Å². The normalized spacial score (nSPS) is 16.9. The van der Waals surface area contributed by atoms with Crippen molar-refractivity contribution in [3.63, 3.8) is 0 Å². The highest BCUT2D eigenvalue weighted by Crippen LogP contribution is 2.24. The molecule has 0 bridgehead atoms. The van der Waals surface area contributed by atoms with Crippen LogP contribution in [0.3, 0.4) is 0 Å². The molecule has 0 saturated carbocycles. The molecule has 3 unspecified atom stereocenters. The van der Waals surface area contributed by atoms with Crippen LogP contribution in [0.5, 0.6) is 0 Å². The quantitative estimate of drug-likeness (QED) is 0.0496. The van der Waals surface area contributed by atoms with Gasteiger partial charge in [0.25, 0.3) is 0 Å². The summed E-state index contributed by atoms with van der Waals surface area (Å²) >= 11 is 0. The van der Waals surface area contributed by atoms with E-state index in [2.05, 4.69) is 13.8 Å². The lowest BCUT2D eigenvalue weighted by Gasteiger charge is -2.26. The Balaban J connectivity index is 2.55. The average molecular weight is 612 g/mol. The standard InChI is InChI=1S/C33H57NO9/c1-4-7-9-11-13-15-17-31(37)41-23-27(21-32(38)40-20-16-14-12-10-8-5-2)22-33(39)43-25-29-19-18-28(34(29)26-35)24-42-30(36)6-3/h26-29H,4-25H2,1-3H3. The van der Waals surface area contributed by atoms with Gasteiger partial charge < -0.3 is 23.8 Å². The molecule has 1 aliphatic heterocycles. The zero-order chi connectivity index (χ0) is 31.7. The Hall–Kier alpha value is -2.65. The van der Waals surface area contributed by atoms with Crippen LogP contribution in [0.25, 0.3) is 0 Å².